The molecule has 7 heteroatoms. The number of amides is 1. The van der Waals surface area contributed by atoms with E-state index in [-0.39, 0.29) is 18.6 Å². The highest BCUT2D eigenvalue weighted by atomic mass is 16.5. The highest BCUT2D eigenvalue weighted by Crippen LogP contribution is 2.22. The number of imidazole rings is 1. The van der Waals surface area contributed by atoms with Gasteiger partial charge in [0, 0.05) is 32.4 Å². The van der Waals surface area contributed by atoms with Crippen LogP contribution in [0.25, 0.3) is 5.65 Å². The van der Waals surface area contributed by atoms with Crippen molar-refractivity contribution in [3.63, 3.8) is 0 Å². The number of nitrogens with zero attached hydrogens (tertiary/aromatic N) is 4. The lowest BCUT2D eigenvalue weighted by Crippen LogP contribution is -2.41. The van der Waals surface area contributed by atoms with Gasteiger partial charge in [-0.05, 0) is 18.6 Å². The fourth-order valence-electron chi connectivity index (χ4n) is 3.65. The lowest BCUT2D eigenvalue weighted by molar-refractivity contribution is 0.0298. The molecule has 1 saturated heterocycles. The SMILES string of the molecule is Cc1cccn2c(CN3CC=C[C@H]3CO)c(C(=O)N3CCOCC3)nc12. The minimum atomic E-state index is -0.0425. The van der Waals surface area contributed by atoms with Crippen LogP contribution in [-0.2, 0) is 11.3 Å². The van der Waals surface area contributed by atoms with Crippen LogP contribution >= 0.6 is 0 Å². The van der Waals surface area contributed by atoms with Crippen LogP contribution in [0.4, 0.5) is 0 Å². The zero-order valence-corrected chi connectivity index (χ0v) is 15.0. The van der Waals surface area contributed by atoms with Gasteiger partial charge in [0.2, 0.25) is 0 Å². The number of carbonyl (C=O) groups is 1. The van der Waals surface area contributed by atoms with Crippen LogP contribution in [0.15, 0.2) is 30.5 Å². The van der Waals surface area contributed by atoms with Crippen molar-refractivity contribution in [2.75, 3.05) is 39.5 Å². The summed E-state index contributed by atoms with van der Waals surface area (Å²) >= 11 is 0. The quantitative estimate of drug-likeness (QED) is 0.823. The Hall–Kier alpha value is -2.22. The lowest BCUT2D eigenvalue weighted by Gasteiger charge is -2.27. The maximum atomic E-state index is 13.1. The number of ether oxygens (including phenoxy) is 1. The molecule has 2 aromatic heterocycles. The van der Waals surface area contributed by atoms with Crippen LogP contribution in [0.5, 0.6) is 0 Å². The number of aliphatic hydroxyl groups is 1. The Balaban J connectivity index is 1.73. The highest BCUT2D eigenvalue weighted by molar-refractivity contribution is 5.94. The molecule has 0 unspecified atom stereocenters. The van der Waals surface area contributed by atoms with Gasteiger partial charge in [0.25, 0.3) is 5.91 Å². The van der Waals surface area contributed by atoms with Gasteiger partial charge in [-0.3, -0.25) is 9.69 Å². The van der Waals surface area contributed by atoms with E-state index in [4.69, 9.17) is 9.72 Å². The van der Waals surface area contributed by atoms with E-state index in [0.29, 0.717) is 38.5 Å². The van der Waals surface area contributed by atoms with Gasteiger partial charge >= 0.3 is 0 Å². The lowest BCUT2D eigenvalue weighted by atomic mass is 10.2. The Bertz CT molecular complexity index is 839. The number of aryl methyl sites for hydroxylation is 1. The summed E-state index contributed by atoms with van der Waals surface area (Å²) < 4.78 is 7.38. The molecule has 1 N–H and O–H groups in total. The van der Waals surface area contributed by atoms with E-state index in [2.05, 4.69) is 11.0 Å². The van der Waals surface area contributed by atoms with Gasteiger partial charge in [-0.15, -0.1) is 0 Å². The molecule has 0 saturated carbocycles. The first kappa shape index (κ1) is 17.2. The van der Waals surface area contributed by atoms with E-state index in [1.54, 1.807) is 0 Å². The molecule has 7 nitrogen and oxygen atoms in total. The molecule has 0 spiro atoms. The van der Waals surface area contributed by atoms with E-state index >= 15 is 0 Å². The Morgan fingerprint density at radius 3 is 2.96 bits per heavy atom. The molecule has 4 rings (SSSR count). The zero-order valence-electron chi connectivity index (χ0n) is 15.0. The molecule has 0 radical (unpaired) electrons. The second-order valence-corrected chi connectivity index (χ2v) is 6.80. The summed E-state index contributed by atoms with van der Waals surface area (Å²) in [5, 5.41) is 9.60. The third-order valence-electron chi connectivity index (χ3n) is 5.15. The average Bonchev–Trinajstić information content (AvgIpc) is 3.28. The number of hydrogen-bond acceptors (Lipinski definition) is 5. The van der Waals surface area contributed by atoms with Gasteiger partial charge in [0.1, 0.15) is 5.65 Å². The van der Waals surface area contributed by atoms with Gasteiger partial charge in [-0.25, -0.2) is 4.98 Å². The van der Waals surface area contributed by atoms with Crippen LogP contribution in [0.3, 0.4) is 0 Å². The maximum absolute atomic E-state index is 13.1. The van der Waals surface area contributed by atoms with Crippen molar-refractivity contribution in [1.29, 1.82) is 0 Å². The van der Waals surface area contributed by atoms with Crippen LogP contribution in [-0.4, -0.2) is 75.7 Å². The highest BCUT2D eigenvalue weighted by Gasteiger charge is 2.28. The largest absolute Gasteiger partial charge is 0.394 e. The van der Waals surface area contributed by atoms with Gasteiger partial charge in [0.15, 0.2) is 5.69 Å². The van der Waals surface area contributed by atoms with E-state index in [0.717, 1.165) is 23.4 Å². The number of hydrogen-bond donors (Lipinski definition) is 1. The topological polar surface area (TPSA) is 70.3 Å². The molecular weight excluding hydrogens is 332 g/mol. The van der Waals surface area contributed by atoms with E-state index < -0.39 is 0 Å². The normalized spacial score (nSPS) is 21.0. The van der Waals surface area contributed by atoms with Crippen molar-refractivity contribution in [3.05, 3.63) is 47.4 Å². The van der Waals surface area contributed by atoms with Crippen molar-refractivity contribution in [2.45, 2.75) is 19.5 Å². The smallest absolute Gasteiger partial charge is 0.274 e. The Morgan fingerprint density at radius 2 is 2.19 bits per heavy atom. The number of carbonyl (C=O) groups excluding carboxylic acids is 1. The van der Waals surface area contributed by atoms with Crippen molar-refractivity contribution >= 4 is 11.6 Å². The molecule has 2 aromatic rings. The predicted molar refractivity (Wildman–Crippen MR) is 97.1 cm³/mol. The van der Waals surface area contributed by atoms with Crippen LogP contribution in [0.2, 0.25) is 0 Å². The molecule has 26 heavy (non-hydrogen) atoms. The van der Waals surface area contributed by atoms with Gasteiger partial charge < -0.3 is 19.1 Å². The Kier molecular flexibility index (Phi) is 4.76. The third-order valence-corrected chi connectivity index (χ3v) is 5.15. The minimum Gasteiger partial charge on any atom is -0.394 e. The van der Waals surface area contributed by atoms with E-state index in [9.17, 15) is 9.90 Å². The molecule has 0 aromatic carbocycles. The fraction of sp³-hybridized carbons (Fsp3) is 0.474. The number of aliphatic hydroxyl groups excluding tert-OH is 1. The molecule has 1 amide bonds. The average molecular weight is 356 g/mol. The first-order valence-corrected chi connectivity index (χ1v) is 9.04. The number of pyridine rings is 1. The third kappa shape index (κ3) is 3.02. The number of fused-ring (bicyclic) bond motifs is 1. The summed E-state index contributed by atoms with van der Waals surface area (Å²) in [4.78, 5) is 21.8. The molecule has 0 aliphatic carbocycles. The van der Waals surface area contributed by atoms with E-state index in [1.807, 2.05) is 40.6 Å². The molecule has 2 aliphatic heterocycles. The Labute approximate surface area is 152 Å². The van der Waals surface area contributed by atoms with Gasteiger partial charge in [-0.2, -0.15) is 0 Å². The first-order valence-electron chi connectivity index (χ1n) is 9.04. The van der Waals surface area contributed by atoms with E-state index in [1.165, 1.54) is 0 Å². The van der Waals surface area contributed by atoms with Crippen LogP contribution in [0, 0.1) is 6.92 Å². The second kappa shape index (κ2) is 7.19. The van der Waals surface area contributed by atoms with Gasteiger partial charge in [0.05, 0.1) is 31.6 Å². The van der Waals surface area contributed by atoms with Crippen LogP contribution < -0.4 is 0 Å². The molecule has 0 bridgehead atoms. The standard InChI is InChI=1S/C19H24N4O3/c1-14-4-2-7-23-16(12-22-6-3-5-15(22)13-24)17(20-18(14)23)19(25)21-8-10-26-11-9-21/h2-5,7,15,24H,6,8-13H2,1H3/t15-/m0/s1. The predicted octanol–water partition coefficient (Wildman–Crippen LogP) is 0.848. The molecule has 4 heterocycles. The summed E-state index contributed by atoms with van der Waals surface area (Å²) in [6.07, 6.45) is 6.02. The monoisotopic (exact) mass is 356 g/mol. The van der Waals surface area contributed by atoms with Crippen molar-refractivity contribution in [1.82, 2.24) is 19.2 Å². The fourth-order valence-corrected chi connectivity index (χ4v) is 3.65. The summed E-state index contributed by atoms with van der Waals surface area (Å²) in [5.74, 6) is -0.0425. The summed E-state index contributed by atoms with van der Waals surface area (Å²) in [7, 11) is 0. The minimum absolute atomic E-state index is 0.0169. The van der Waals surface area contributed by atoms with Gasteiger partial charge in [-0.1, -0.05) is 18.2 Å². The summed E-state index contributed by atoms with van der Waals surface area (Å²) in [5.41, 5.74) is 3.23. The molecule has 1 atom stereocenters. The first-order chi connectivity index (χ1) is 12.7. The summed E-state index contributed by atoms with van der Waals surface area (Å²) in [6.45, 7) is 5.71. The maximum Gasteiger partial charge on any atom is 0.274 e. The number of rotatable bonds is 4. The number of aromatic nitrogens is 2. The van der Waals surface area contributed by atoms with Crippen molar-refractivity contribution in [2.24, 2.45) is 0 Å². The second-order valence-electron chi connectivity index (χ2n) is 6.80. The Morgan fingerprint density at radius 1 is 1.38 bits per heavy atom. The molecule has 1 fully saturated rings. The molecular formula is C19H24N4O3. The molecule has 138 valence electrons. The summed E-state index contributed by atoms with van der Waals surface area (Å²) in [6, 6.07) is 3.96. The number of morpholine rings is 1. The van der Waals surface area contributed by atoms with Crippen LogP contribution in [0.1, 0.15) is 21.7 Å². The van der Waals surface area contributed by atoms with Crippen molar-refractivity contribution < 1.29 is 14.6 Å². The van der Waals surface area contributed by atoms with Crippen molar-refractivity contribution in [3.8, 4) is 0 Å². The molecule has 2 aliphatic rings. The zero-order chi connectivity index (χ0) is 18.1.